The lowest BCUT2D eigenvalue weighted by molar-refractivity contribution is -0.131. The Morgan fingerprint density at radius 3 is 2.79 bits per heavy atom. The minimum Gasteiger partial charge on any atom is -0.339 e. The second-order valence-corrected chi connectivity index (χ2v) is 7.42. The van der Waals surface area contributed by atoms with Gasteiger partial charge in [0, 0.05) is 30.8 Å². The van der Waals surface area contributed by atoms with Crippen molar-refractivity contribution in [1.29, 1.82) is 0 Å². The average molecular weight is 408 g/mol. The Morgan fingerprint density at radius 2 is 2.10 bits per heavy atom. The van der Waals surface area contributed by atoms with Gasteiger partial charge in [-0.3, -0.25) is 4.79 Å². The highest BCUT2D eigenvalue weighted by molar-refractivity contribution is 7.08. The standard InChI is InChI=1S/C20H20N6O2S/c1-14(15-3-5-17(6-4-15)26-13-21-12-22-26)25(2)19(27)8-7-18-23-20(24-28-18)16-9-10-29-11-16/h3-6,9-14H,7-8H2,1-2H3. The second-order valence-electron chi connectivity index (χ2n) is 6.64. The largest absolute Gasteiger partial charge is 0.339 e. The molecule has 0 aliphatic heterocycles. The zero-order valence-electron chi connectivity index (χ0n) is 16.1. The number of aryl methyl sites for hydroxylation is 1. The molecule has 1 unspecified atom stereocenters. The van der Waals surface area contributed by atoms with E-state index in [9.17, 15) is 4.79 Å². The topological polar surface area (TPSA) is 89.9 Å². The van der Waals surface area contributed by atoms with E-state index >= 15 is 0 Å². The molecule has 148 valence electrons. The number of benzene rings is 1. The van der Waals surface area contributed by atoms with E-state index in [1.54, 1.807) is 27.2 Å². The minimum absolute atomic E-state index is 0.0214. The molecule has 3 heterocycles. The van der Waals surface area contributed by atoms with Gasteiger partial charge >= 0.3 is 0 Å². The maximum Gasteiger partial charge on any atom is 0.227 e. The highest BCUT2D eigenvalue weighted by atomic mass is 32.1. The van der Waals surface area contributed by atoms with Crippen molar-refractivity contribution in [2.24, 2.45) is 0 Å². The SMILES string of the molecule is CC(c1ccc(-n2cncn2)cc1)N(C)C(=O)CCc1nc(-c2ccsc2)no1. The van der Waals surface area contributed by atoms with E-state index in [0.717, 1.165) is 16.8 Å². The number of aromatic nitrogens is 5. The molecule has 0 bridgehead atoms. The molecular formula is C20H20N6O2S. The van der Waals surface area contributed by atoms with Crippen LogP contribution in [0.5, 0.6) is 0 Å². The van der Waals surface area contributed by atoms with Gasteiger partial charge in [0.15, 0.2) is 0 Å². The van der Waals surface area contributed by atoms with E-state index < -0.39 is 0 Å². The number of nitrogens with zero attached hydrogens (tertiary/aromatic N) is 6. The van der Waals surface area contributed by atoms with Gasteiger partial charge in [0.05, 0.1) is 11.7 Å². The van der Waals surface area contributed by atoms with Crippen LogP contribution in [-0.2, 0) is 11.2 Å². The lowest BCUT2D eigenvalue weighted by Gasteiger charge is -2.25. The Kier molecular flexibility index (Phi) is 5.48. The van der Waals surface area contributed by atoms with Crippen molar-refractivity contribution in [3.8, 4) is 17.1 Å². The molecule has 0 spiro atoms. The lowest BCUT2D eigenvalue weighted by atomic mass is 10.1. The van der Waals surface area contributed by atoms with E-state index in [1.807, 2.05) is 55.1 Å². The van der Waals surface area contributed by atoms with Crippen LogP contribution in [0.15, 0.2) is 58.3 Å². The van der Waals surface area contributed by atoms with Crippen LogP contribution in [0.25, 0.3) is 17.1 Å². The highest BCUT2D eigenvalue weighted by Gasteiger charge is 2.19. The first-order valence-corrected chi connectivity index (χ1v) is 10.1. The molecule has 29 heavy (non-hydrogen) atoms. The summed E-state index contributed by atoms with van der Waals surface area (Å²) in [7, 11) is 1.81. The molecule has 0 N–H and O–H groups in total. The third-order valence-corrected chi connectivity index (χ3v) is 5.52. The zero-order chi connectivity index (χ0) is 20.2. The van der Waals surface area contributed by atoms with Crippen molar-refractivity contribution in [2.45, 2.75) is 25.8 Å². The third kappa shape index (κ3) is 4.24. The molecule has 8 nitrogen and oxygen atoms in total. The normalized spacial score (nSPS) is 12.1. The van der Waals surface area contributed by atoms with Crippen LogP contribution in [0, 0.1) is 0 Å². The summed E-state index contributed by atoms with van der Waals surface area (Å²) < 4.78 is 6.96. The number of hydrogen-bond donors (Lipinski definition) is 0. The van der Waals surface area contributed by atoms with E-state index in [4.69, 9.17) is 4.52 Å². The average Bonchev–Trinajstić information content (AvgIpc) is 3.52. The second kappa shape index (κ2) is 8.36. The van der Waals surface area contributed by atoms with E-state index in [0.29, 0.717) is 24.6 Å². The monoisotopic (exact) mass is 408 g/mol. The molecule has 4 rings (SSSR count). The summed E-state index contributed by atoms with van der Waals surface area (Å²) in [5.41, 5.74) is 2.89. The number of amides is 1. The van der Waals surface area contributed by atoms with Gasteiger partial charge in [0.1, 0.15) is 12.7 Å². The number of carbonyl (C=O) groups is 1. The summed E-state index contributed by atoms with van der Waals surface area (Å²) in [5.74, 6) is 1.05. The molecule has 3 aromatic heterocycles. The Hall–Kier alpha value is -3.33. The molecule has 0 aliphatic rings. The Bertz CT molecular complexity index is 1060. The maximum absolute atomic E-state index is 12.6. The van der Waals surface area contributed by atoms with Crippen molar-refractivity contribution < 1.29 is 9.32 Å². The van der Waals surface area contributed by atoms with E-state index in [1.165, 1.54) is 6.33 Å². The summed E-state index contributed by atoms with van der Waals surface area (Å²) in [4.78, 5) is 22.7. The number of carbonyl (C=O) groups excluding carboxylic acids is 1. The van der Waals surface area contributed by atoms with Crippen LogP contribution >= 0.6 is 11.3 Å². The predicted octanol–water partition coefficient (Wildman–Crippen LogP) is 3.53. The van der Waals surface area contributed by atoms with Crippen LogP contribution in [0.4, 0.5) is 0 Å². The fourth-order valence-electron chi connectivity index (χ4n) is 2.94. The first kappa shape index (κ1) is 19.0. The molecule has 0 saturated heterocycles. The molecule has 1 atom stereocenters. The molecule has 4 aromatic rings. The smallest absolute Gasteiger partial charge is 0.227 e. The predicted molar refractivity (Wildman–Crippen MR) is 108 cm³/mol. The molecule has 1 aromatic carbocycles. The summed E-state index contributed by atoms with van der Waals surface area (Å²) in [6.45, 7) is 2.00. The number of hydrogen-bond acceptors (Lipinski definition) is 7. The summed E-state index contributed by atoms with van der Waals surface area (Å²) in [6, 6.07) is 9.80. The van der Waals surface area contributed by atoms with Crippen LogP contribution in [0.3, 0.4) is 0 Å². The van der Waals surface area contributed by atoms with Gasteiger partial charge in [-0.1, -0.05) is 17.3 Å². The van der Waals surface area contributed by atoms with E-state index in [-0.39, 0.29) is 11.9 Å². The molecular weight excluding hydrogens is 388 g/mol. The summed E-state index contributed by atoms with van der Waals surface area (Å²) in [6.07, 6.45) is 3.87. The summed E-state index contributed by atoms with van der Waals surface area (Å²) >= 11 is 1.58. The van der Waals surface area contributed by atoms with Crippen LogP contribution in [0.1, 0.15) is 30.8 Å². The van der Waals surface area contributed by atoms with Crippen LogP contribution in [0.2, 0.25) is 0 Å². The van der Waals surface area contributed by atoms with Crippen molar-refractivity contribution in [1.82, 2.24) is 29.8 Å². The van der Waals surface area contributed by atoms with Gasteiger partial charge in [0.25, 0.3) is 0 Å². The molecule has 0 saturated carbocycles. The van der Waals surface area contributed by atoms with Gasteiger partial charge < -0.3 is 9.42 Å². The van der Waals surface area contributed by atoms with Crippen molar-refractivity contribution in [2.75, 3.05) is 7.05 Å². The maximum atomic E-state index is 12.6. The molecule has 0 aliphatic carbocycles. The zero-order valence-corrected chi connectivity index (χ0v) is 16.9. The minimum atomic E-state index is -0.0589. The quantitative estimate of drug-likeness (QED) is 0.465. The van der Waals surface area contributed by atoms with E-state index in [2.05, 4.69) is 20.2 Å². The fourth-order valence-corrected chi connectivity index (χ4v) is 3.58. The van der Waals surface area contributed by atoms with Gasteiger partial charge in [-0.15, -0.1) is 0 Å². The highest BCUT2D eigenvalue weighted by Crippen LogP contribution is 2.22. The first-order chi connectivity index (χ1) is 14.1. The Morgan fingerprint density at radius 1 is 1.28 bits per heavy atom. The number of rotatable bonds is 7. The van der Waals surface area contributed by atoms with Crippen LogP contribution < -0.4 is 0 Å². The van der Waals surface area contributed by atoms with Crippen molar-refractivity contribution in [3.63, 3.8) is 0 Å². The third-order valence-electron chi connectivity index (χ3n) is 4.83. The Balaban J connectivity index is 1.35. The fraction of sp³-hybridized carbons (Fsp3) is 0.250. The van der Waals surface area contributed by atoms with Crippen molar-refractivity contribution in [3.05, 3.63) is 65.2 Å². The lowest BCUT2D eigenvalue weighted by Crippen LogP contribution is -2.29. The molecule has 0 fully saturated rings. The van der Waals surface area contributed by atoms with Gasteiger partial charge in [-0.25, -0.2) is 9.67 Å². The summed E-state index contributed by atoms with van der Waals surface area (Å²) in [5, 5.41) is 12.0. The van der Waals surface area contributed by atoms with Gasteiger partial charge in [0.2, 0.25) is 17.6 Å². The number of thiophene rings is 1. The van der Waals surface area contributed by atoms with Crippen LogP contribution in [-0.4, -0.2) is 42.8 Å². The van der Waals surface area contributed by atoms with Crippen molar-refractivity contribution >= 4 is 17.2 Å². The molecule has 0 radical (unpaired) electrons. The van der Waals surface area contributed by atoms with Gasteiger partial charge in [-0.2, -0.15) is 21.4 Å². The Labute approximate surface area is 171 Å². The molecule has 1 amide bonds. The first-order valence-electron chi connectivity index (χ1n) is 9.17. The van der Waals surface area contributed by atoms with Gasteiger partial charge in [-0.05, 0) is 36.1 Å². The molecule has 9 heteroatoms.